The first-order valence-corrected chi connectivity index (χ1v) is 11.1. The van der Waals surface area contributed by atoms with Crippen molar-refractivity contribution in [2.75, 3.05) is 31.0 Å². The fraction of sp³-hybridized carbons (Fsp3) is 0.316. The number of carbonyl (C=O) groups excluding carboxylic acids is 1. The highest BCUT2D eigenvalue weighted by Gasteiger charge is 2.24. The van der Waals surface area contributed by atoms with Crippen LogP contribution in [-0.4, -0.2) is 51.6 Å². The largest absolute Gasteiger partial charge is 0.481 e. The Labute approximate surface area is 179 Å². The van der Waals surface area contributed by atoms with E-state index in [1.807, 2.05) is 0 Å². The molecule has 1 fully saturated rings. The zero-order valence-corrected chi connectivity index (χ0v) is 17.9. The van der Waals surface area contributed by atoms with Crippen LogP contribution in [0.3, 0.4) is 0 Å². The number of hydrogen-bond acceptors (Lipinski definition) is 5. The Bertz CT molecular complexity index is 977. The van der Waals surface area contributed by atoms with Gasteiger partial charge in [-0.15, -0.1) is 0 Å². The summed E-state index contributed by atoms with van der Waals surface area (Å²) in [6.07, 6.45) is -0.690. The van der Waals surface area contributed by atoms with Crippen LogP contribution in [0.15, 0.2) is 47.4 Å². The Hall–Kier alpha value is -2.00. The van der Waals surface area contributed by atoms with E-state index in [-0.39, 0.29) is 15.8 Å². The van der Waals surface area contributed by atoms with Crippen molar-refractivity contribution in [1.82, 2.24) is 4.90 Å². The smallest absolute Gasteiger partial charge is 0.263 e. The SMILES string of the molecule is C[C@@H](Oc1ccc(S(=O)(=O)Nc2ccc(Cl)c(Cl)c2)cc1)C(=O)N1CCOCC1. The zero-order chi connectivity index (χ0) is 21.0. The first-order chi connectivity index (χ1) is 13.8. The van der Waals surface area contributed by atoms with Gasteiger partial charge in [-0.3, -0.25) is 9.52 Å². The second-order valence-corrected chi connectivity index (χ2v) is 8.90. The van der Waals surface area contributed by atoms with E-state index in [1.165, 1.54) is 42.5 Å². The van der Waals surface area contributed by atoms with Crippen molar-refractivity contribution < 1.29 is 22.7 Å². The number of ether oxygens (including phenoxy) is 2. The Morgan fingerprint density at radius 3 is 2.38 bits per heavy atom. The van der Waals surface area contributed by atoms with Gasteiger partial charge in [-0.25, -0.2) is 8.42 Å². The zero-order valence-electron chi connectivity index (χ0n) is 15.6. The van der Waals surface area contributed by atoms with E-state index in [4.69, 9.17) is 32.7 Å². The molecule has 0 saturated carbocycles. The van der Waals surface area contributed by atoms with Gasteiger partial charge in [0.05, 0.1) is 33.8 Å². The fourth-order valence-electron chi connectivity index (χ4n) is 2.77. The van der Waals surface area contributed by atoms with Crippen LogP contribution in [0.5, 0.6) is 5.75 Å². The maximum Gasteiger partial charge on any atom is 0.263 e. The summed E-state index contributed by atoms with van der Waals surface area (Å²) < 4.78 is 38.4. The number of hydrogen-bond donors (Lipinski definition) is 1. The molecule has 0 bridgehead atoms. The van der Waals surface area contributed by atoms with E-state index in [1.54, 1.807) is 11.8 Å². The highest BCUT2D eigenvalue weighted by Crippen LogP contribution is 2.27. The number of nitrogens with zero attached hydrogens (tertiary/aromatic N) is 1. The molecule has 0 unspecified atom stereocenters. The predicted molar refractivity (Wildman–Crippen MR) is 111 cm³/mol. The molecule has 156 valence electrons. The van der Waals surface area contributed by atoms with Crippen LogP contribution in [0.2, 0.25) is 10.0 Å². The van der Waals surface area contributed by atoms with Crippen LogP contribution in [0, 0.1) is 0 Å². The van der Waals surface area contributed by atoms with E-state index in [0.717, 1.165) is 0 Å². The third-order valence-electron chi connectivity index (χ3n) is 4.29. The summed E-state index contributed by atoms with van der Waals surface area (Å²) >= 11 is 11.8. The highest BCUT2D eigenvalue weighted by molar-refractivity contribution is 7.92. The summed E-state index contributed by atoms with van der Waals surface area (Å²) in [5, 5.41) is 0.575. The molecule has 1 heterocycles. The van der Waals surface area contributed by atoms with Gasteiger partial charge in [0, 0.05) is 13.1 Å². The van der Waals surface area contributed by atoms with Gasteiger partial charge < -0.3 is 14.4 Å². The first kappa shape index (κ1) is 21.7. The summed E-state index contributed by atoms with van der Waals surface area (Å²) in [5.41, 5.74) is 0.296. The van der Waals surface area contributed by atoms with Crippen molar-refractivity contribution in [2.24, 2.45) is 0 Å². The minimum Gasteiger partial charge on any atom is -0.481 e. The molecule has 0 spiro atoms. The number of carbonyl (C=O) groups is 1. The molecule has 1 atom stereocenters. The molecule has 1 aliphatic heterocycles. The number of halogens is 2. The summed E-state index contributed by atoms with van der Waals surface area (Å²) in [6.45, 7) is 3.75. The van der Waals surface area contributed by atoms with Crippen LogP contribution in [-0.2, 0) is 19.6 Å². The lowest BCUT2D eigenvalue weighted by Gasteiger charge is -2.29. The molecule has 0 radical (unpaired) electrons. The average molecular weight is 459 g/mol. The molecule has 2 aromatic carbocycles. The van der Waals surface area contributed by atoms with E-state index in [9.17, 15) is 13.2 Å². The number of rotatable bonds is 6. The molecule has 3 rings (SSSR count). The van der Waals surface area contributed by atoms with Crippen molar-refractivity contribution >= 4 is 44.8 Å². The molecular weight excluding hydrogens is 439 g/mol. The number of morpholine rings is 1. The average Bonchev–Trinajstić information content (AvgIpc) is 2.71. The summed E-state index contributed by atoms with van der Waals surface area (Å²) in [6, 6.07) is 10.3. The van der Waals surface area contributed by atoms with Crippen molar-refractivity contribution in [3.8, 4) is 5.75 Å². The maximum atomic E-state index is 12.5. The van der Waals surface area contributed by atoms with Crippen LogP contribution in [0.1, 0.15) is 6.92 Å². The molecular formula is C19H20Cl2N2O5S. The molecule has 29 heavy (non-hydrogen) atoms. The lowest BCUT2D eigenvalue weighted by atomic mass is 10.3. The summed E-state index contributed by atoms with van der Waals surface area (Å²) in [5.74, 6) is 0.263. The molecule has 1 amide bonds. The lowest BCUT2D eigenvalue weighted by Crippen LogP contribution is -2.46. The van der Waals surface area contributed by atoms with Gasteiger partial charge in [-0.1, -0.05) is 23.2 Å². The fourth-order valence-corrected chi connectivity index (χ4v) is 4.11. The Morgan fingerprint density at radius 2 is 1.76 bits per heavy atom. The van der Waals surface area contributed by atoms with Gasteiger partial charge >= 0.3 is 0 Å². The number of sulfonamides is 1. The van der Waals surface area contributed by atoms with E-state index < -0.39 is 16.1 Å². The van der Waals surface area contributed by atoms with Crippen molar-refractivity contribution in [3.05, 3.63) is 52.5 Å². The van der Waals surface area contributed by atoms with Gasteiger partial charge in [-0.05, 0) is 49.4 Å². The number of benzene rings is 2. The number of amides is 1. The maximum absolute atomic E-state index is 12.5. The first-order valence-electron chi connectivity index (χ1n) is 8.87. The second kappa shape index (κ2) is 9.21. The Morgan fingerprint density at radius 1 is 1.10 bits per heavy atom. The lowest BCUT2D eigenvalue weighted by molar-refractivity contribution is -0.142. The molecule has 1 aliphatic rings. The van der Waals surface area contributed by atoms with Crippen molar-refractivity contribution in [1.29, 1.82) is 0 Å². The molecule has 10 heteroatoms. The van der Waals surface area contributed by atoms with Crippen LogP contribution in [0.4, 0.5) is 5.69 Å². The molecule has 1 saturated heterocycles. The Kier molecular flexibility index (Phi) is 6.89. The Balaban J connectivity index is 1.65. The quantitative estimate of drug-likeness (QED) is 0.716. The topological polar surface area (TPSA) is 84.9 Å². The molecule has 0 aliphatic carbocycles. The molecule has 2 aromatic rings. The monoisotopic (exact) mass is 458 g/mol. The summed E-state index contributed by atoms with van der Waals surface area (Å²) in [4.78, 5) is 14.1. The summed E-state index contributed by atoms with van der Waals surface area (Å²) in [7, 11) is -3.82. The standard InChI is InChI=1S/C19H20Cl2N2O5S/c1-13(19(24)23-8-10-27-11-9-23)28-15-3-5-16(6-4-15)29(25,26)22-14-2-7-17(20)18(21)12-14/h2-7,12-13,22H,8-11H2,1H3/t13-/m1/s1. The van der Waals surface area contributed by atoms with Gasteiger partial charge in [0.2, 0.25) is 0 Å². The van der Waals surface area contributed by atoms with Crippen LogP contribution < -0.4 is 9.46 Å². The third kappa shape index (κ3) is 5.54. The third-order valence-corrected chi connectivity index (χ3v) is 6.43. The minimum atomic E-state index is -3.82. The molecule has 1 N–H and O–H groups in total. The van der Waals surface area contributed by atoms with Crippen molar-refractivity contribution in [3.63, 3.8) is 0 Å². The van der Waals surface area contributed by atoms with Gasteiger partial charge in [0.15, 0.2) is 6.10 Å². The normalized spacial score (nSPS) is 15.6. The van der Waals surface area contributed by atoms with E-state index in [2.05, 4.69) is 4.72 Å². The van der Waals surface area contributed by atoms with Crippen LogP contribution >= 0.6 is 23.2 Å². The van der Waals surface area contributed by atoms with Crippen molar-refractivity contribution in [2.45, 2.75) is 17.9 Å². The molecule has 7 nitrogen and oxygen atoms in total. The molecule has 0 aromatic heterocycles. The van der Waals surface area contributed by atoms with Crippen LogP contribution in [0.25, 0.3) is 0 Å². The van der Waals surface area contributed by atoms with E-state index >= 15 is 0 Å². The number of anilines is 1. The number of nitrogens with one attached hydrogen (secondary N) is 1. The van der Waals surface area contributed by atoms with E-state index in [0.29, 0.717) is 42.8 Å². The second-order valence-electron chi connectivity index (χ2n) is 6.40. The minimum absolute atomic E-state index is 0.0445. The van der Waals surface area contributed by atoms with Gasteiger partial charge in [-0.2, -0.15) is 0 Å². The highest BCUT2D eigenvalue weighted by atomic mass is 35.5. The van der Waals surface area contributed by atoms with Gasteiger partial charge in [0.1, 0.15) is 5.75 Å². The predicted octanol–water partition coefficient (Wildman–Crippen LogP) is 3.42. The van der Waals surface area contributed by atoms with Gasteiger partial charge in [0.25, 0.3) is 15.9 Å².